The Bertz CT molecular complexity index is 388. The van der Waals surface area contributed by atoms with Gasteiger partial charge in [0.05, 0.1) is 17.8 Å². The Labute approximate surface area is 127 Å². The summed E-state index contributed by atoms with van der Waals surface area (Å²) in [4.78, 5) is 0. The van der Waals surface area contributed by atoms with Crippen molar-refractivity contribution in [1.29, 1.82) is 0 Å². The first-order valence-corrected chi connectivity index (χ1v) is 8.05. The van der Waals surface area contributed by atoms with Crippen molar-refractivity contribution in [2.75, 3.05) is 5.32 Å². The number of aliphatic hydroxyl groups excluding tert-OH is 1. The molecule has 0 bridgehead atoms. The van der Waals surface area contributed by atoms with Crippen LogP contribution >= 0.6 is 47.8 Å². The molecule has 1 aromatic rings. The van der Waals surface area contributed by atoms with Crippen LogP contribution in [-0.4, -0.2) is 17.3 Å². The second-order valence-electron chi connectivity index (χ2n) is 4.35. The third kappa shape index (κ3) is 3.46. The third-order valence-electron chi connectivity index (χ3n) is 3.07. The van der Waals surface area contributed by atoms with E-state index in [1.165, 1.54) is 6.42 Å². The lowest BCUT2D eigenvalue weighted by atomic mass is 9.92. The Balaban J connectivity index is 2.17. The summed E-state index contributed by atoms with van der Waals surface area (Å²) in [6, 6.07) is 4.16. The zero-order valence-electron chi connectivity index (χ0n) is 9.22. The highest BCUT2D eigenvalue weighted by molar-refractivity contribution is 9.11. The average molecular weight is 428 g/mol. The van der Waals surface area contributed by atoms with E-state index in [0.29, 0.717) is 0 Å². The van der Waals surface area contributed by atoms with E-state index in [-0.39, 0.29) is 12.1 Å². The maximum absolute atomic E-state index is 9.96. The first-order valence-electron chi connectivity index (χ1n) is 5.67. The SMILES string of the molecule is OC1CCCCC1Nc1c(Br)cc(Br)cc1Br. The molecule has 2 N–H and O–H groups in total. The molecule has 0 saturated heterocycles. The fraction of sp³-hybridized carbons (Fsp3) is 0.500. The monoisotopic (exact) mass is 425 g/mol. The van der Waals surface area contributed by atoms with Gasteiger partial charge in [0.25, 0.3) is 0 Å². The molecule has 0 radical (unpaired) electrons. The molecule has 94 valence electrons. The van der Waals surface area contributed by atoms with Crippen LogP contribution in [0.25, 0.3) is 0 Å². The van der Waals surface area contributed by atoms with Crippen LogP contribution in [0.5, 0.6) is 0 Å². The molecule has 1 fully saturated rings. The van der Waals surface area contributed by atoms with Crippen LogP contribution in [0.15, 0.2) is 25.6 Å². The Hall–Kier alpha value is 0.420. The highest BCUT2D eigenvalue weighted by Crippen LogP contribution is 2.36. The lowest BCUT2D eigenvalue weighted by Crippen LogP contribution is -2.36. The summed E-state index contributed by atoms with van der Waals surface area (Å²) in [5, 5.41) is 13.4. The molecule has 1 saturated carbocycles. The minimum atomic E-state index is -0.244. The summed E-state index contributed by atoms with van der Waals surface area (Å²) in [6.45, 7) is 0. The van der Waals surface area contributed by atoms with Gasteiger partial charge < -0.3 is 10.4 Å². The molecule has 2 unspecified atom stereocenters. The highest BCUT2D eigenvalue weighted by Gasteiger charge is 2.24. The van der Waals surface area contributed by atoms with Gasteiger partial charge in [-0.1, -0.05) is 28.8 Å². The van der Waals surface area contributed by atoms with Crippen LogP contribution in [-0.2, 0) is 0 Å². The van der Waals surface area contributed by atoms with Gasteiger partial charge in [0.2, 0.25) is 0 Å². The van der Waals surface area contributed by atoms with Crippen molar-refractivity contribution >= 4 is 53.5 Å². The van der Waals surface area contributed by atoms with Gasteiger partial charge in [0.15, 0.2) is 0 Å². The van der Waals surface area contributed by atoms with Gasteiger partial charge in [0.1, 0.15) is 0 Å². The molecule has 0 aliphatic heterocycles. The van der Waals surface area contributed by atoms with Crippen molar-refractivity contribution in [3.05, 3.63) is 25.6 Å². The summed E-state index contributed by atoms with van der Waals surface area (Å²) < 4.78 is 3.01. The van der Waals surface area contributed by atoms with Crippen molar-refractivity contribution in [3.63, 3.8) is 0 Å². The first-order chi connectivity index (χ1) is 8.08. The fourth-order valence-electron chi connectivity index (χ4n) is 2.15. The molecule has 17 heavy (non-hydrogen) atoms. The summed E-state index contributed by atoms with van der Waals surface area (Å²) in [7, 11) is 0. The van der Waals surface area contributed by atoms with Crippen molar-refractivity contribution in [3.8, 4) is 0 Å². The van der Waals surface area contributed by atoms with Crippen molar-refractivity contribution in [2.24, 2.45) is 0 Å². The van der Waals surface area contributed by atoms with E-state index >= 15 is 0 Å². The van der Waals surface area contributed by atoms with Gasteiger partial charge in [-0.05, 0) is 56.8 Å². The molecule has 2 nitrogen and oxygen atoms in total. The highest BCUT2D eigenvalue weighted by atomic mass is 79.9. The third-order valence-corrected chi connectivity index (χ3v) is 4.77. The quantitative estimate of drug-likeness (QED) is 0.717. The van der Waals surface area contributed by atoms with Crippen LogP contribution in [0.1, 0.15) is 25.7 Å². The Morgan fingerprint density at radius 1 is 1.06 bits per heavy atom. The minimum absolute atomic E-state index is 0.150. The smallest absolute Gasteiger partial charge is 0.0741 e. The Kier molecular flexibility index (Phi) is 4.92. The van der Waals surface area contributed by atoms with E-state index in [4.69, 9.17) is 0 Å². The Morgan fingerprint density at radius 3 is 2.24 bits per heavy atom. The number of rotatable bonds is 2. The first kappa shape index (κ1) is 13.8. The van der Waals surface area contributed by atoms with Gasteiger partial charge in [-0.2, -0.15) is 0 Å². The molecule has 1 aliphatic carbocycles. The second kappa shape index (κ2) is 6.04. The van der Waals surface area contributed by atoms with Crippen molar-refractivity contribution in [2.45, 2.75) is 37.8 Å². The van der Waals surface area contributed by atoms with Gasteiger partial charge in [-0.15, -0.1) is 0 Å². The summed E-state index contributed by atoms with van der Waals surface area (Å²) in [6.07, 6.45) is 3.98. The number of hydrogen-bond donors (Lipinski definition) is 2. The summed E-state index contributed by atoms with van der Waals surface area (Å²) >= 11 is 10.5. The van der Waals surface area contributed by atoms with E-state index in [2.05, 4.69) is 53.1 Å². The standard InChI is InChI=1S/C12H14Br3NO/c13-7-5-8(14)12(9(15)6-7)16-10-3-1-2-4-11(10)17/h5-6,10-11,16-17H,1-4H2. The normalized spacial score (nSPS) is 24.7. The molecule has 5 heteroatoms. The largest absolute Gasteiger partial charge is 0.391 e. The van der Waals surface area contributed by atoms with Crippen LogP contribution in [0.4, 0.5) is 5.69 Å². The zero-order valence-corrected chi connectivity index (χ0v) is 14.0. The van der Waals surface area contributed by atoms with Crippen LogP contribution in [0.3, 0.4) is 0 Å². The molecule has 1 aliphatic rings. The molecular formula is C12H14Br3NO. The van der Waals surface area contributed by atoms with Crippen LogP contribution in [0, 0.1) is 0 Å². The number of anilines is 1. The number of aliphatic hydroxyl groups is 1. The van der Waals surface area contributed by atoms with Gasteiger partial charge in [0, 0.05) is 13.4 Å². The van der Waals surface area contributed by atoms with Crippen molar-refractivity contribution < 1.29 is 5.11 Å². The number of hydrogen-bond acceptors (Lipinski definition) is 2. The predicted molar refractivity (Wildman–Crippen MR) is 81.4 cm³/mol. The van der Waals surface area contributed by atoms with Gasteiger partial charge >= 0.3 is 0 Å². The van der Waals surface area contributed by atoms with Crippen molar-refractivity contribution in [1.82, 2.24) is 0 Å². The number of halogens is 3. The van der Waals surface area contributed by atoms with E-state index in [1.54, 1.807) is 0 Å². The van der Waals surface area contributed by atoms with Crippen LogP contribution in [0.2, 0.25) is 0 Å². The molecule has 2 rings (SSSR count). The lowest BCUT2D eigenvalue weighted by Gasteiger charge is -2.30. The van der Waals surface area contributed by atoms with Gasteiger partial charge in [-0.3, -0.25) is 0 Å². The molecule has 2 atom stereocenters. The molecule has 0 spiro atoms. The second-order valence-corrected chi connectivity index (χ2v) is 6.97. The number of benzene rings is 1. The average Bonchev–Trinajstić information content (AvgIpc) is 2.25. The van der Waals surface area contributed by atoms with E-state index in [0.717, 1.165) is 38.4 Å². The molecule has 0 aromatic heterocycles. The molecule has 0 amide bonds. The topological polar surface area (TPSA) is 32.3 Å². The number of nitrogens with one attached hydrogen (secondary N) is 1. The lowest BCUT2D eigenvalue weighted by molar-refractivity contribution is 0.116. The summed E-state index contributed by atoms with van der Waals surface area (Å²) in [5.41, 5.74) is 1.01. The van der Waals surface area contributed by atoms with E-state index in [9.17, 15) is 5.11 Å². The van der Waals surface area contributed by atoms with E-state index < -0.39 is 0 Å². The molecule has 0 heterocycles. The fourth-order valence-corrected chi connectivity index (χ4v) is 4.63. The maximum Gasteiger partial charge on any atom is 0.0741 e. The predicted octanol–water partition coefficient (Wildman–Crippen LogP) is 4.69. The van der Waals surface area contributed by atoms with Gasteiger partial charge in [-0.25, -0.2) is 0 Å². The maximum atomic E-state index is 9.96. The minimum Gasteiger partial charge on any atom is -0.391 e. The summed E-state index contributed by atoms with van der Waals surface area (Å²) in [5.74, 6) is 0. The molecular weight excluding hydrogens is 414 g/mol. The molecule has 1 aromatic carbocycles. The van der Waals surface area contributed by atoms with Crippen LogP contribution < -0.4 is 5.32 Å². The zero-order chi connectivity index (χ0) is 12.4. The van der Waals surface area contributed by atoms with E-state index in [1.807, 2.05) is 12.1 Å². The Morgan fingerprint density at radius 2 is 1.65 bits per heavy atom.